The minimum atomic E-state index is 0.654. The van der Waals surface area contributed by atoms with Crippen molar-refractivity contribution >= 4 is 5.96 Å². The molecule has 2 rings (SSSR count). The number of hydrogen-bond donors (Lipinski definition) is 1. The summed E-state index contributed by atoms with van der Waals surface area (Å²) >= 11 is 0. The van der Waals surface area contributed by atoms with Gasteiger partial charge in [0.05, 0.1) is 12.2 Å². The SMILES string of the molecule is C=CCN=C(NCC)N1CCN(Cc2ccon2)CC1. The first-order chi connectivity index (χ1) is 9.83. The summed E-state index contributed by atoms with van der Waals surface area (Å²) < 4.78 is 4.87. The van der Waals surface area contributed by atoms with Crippen LogP contribution in [0.5, 0.6) is 0 Å². The lowest BCUT2D eigenvalue weighted by atomic mass is 10.3. The summed E-state index contributed by atoms with van der Waals surface area (Å²) in [6, 6.07) is 1.92. The Balaban J connectivity index is 1.84. The molecule has 20 heavy (non-hydrogen) atoms. The molecule has 0 saturated carbocycles. The largest absolute Gasteiger partial charge is 0.364 e. The van der Waals surface area contributed by atoms with Gasteiger partial charge in [-0.3, -0.25) is 4.90 Å². The number of guanidine groups is 1. The predicted octanol–water partition coefficient (Wildman–Crippen LogP) is 0.944. The van der Waals surface area contributed by atoms with Gasteiger partial charge in [0.2, 0.25) is 0 Å². The van der Waals surface area contributed by atoms with Crippen molar-refractivity contribution in [3.63, 3.8) is 0 Å². The maximum absolute atomic E-state index is 4.87. The molecule has 0 bridgehead atoms. The molecule has 6 nitrogen and oxygen atoms in total. The number of piperazine rings is 1. The summed E-state index contributed by atoms with van der Waals surface area (Å²) in [5.74, 6) is 0.980. The summed E-state index contributed by atoms with van der Waals surface area (Å²) in [4.78, 5) is 9.20. The maximum atomic E-state index is 4.87. The third-order valence-electron chi connectivity index (χ3n) is 3.25. The van der Waals surface area contributed by atoms with E-state index in [4.69, 9.17) is 4.52 Å². The Hall–Kier alpha value is -1.82. The zero-order valence-electron chi connectivity index (χ0n) is 12.1. The van der Waals surface area contributed by atoms with E-state index in [1.165, 1.54) is 0 Å². The molecule has 1 aliphatic heterocycles. The van der Waals surface area contributed by atoms with Crippen LogP contribution in [0.1, 0.15) is 12.6 Å². The molecule has 0 spiro atoms. The third kappa shape index (κ3) is 4.09. The van der Waals surface area contributed by atoms with Gasteiger partial charge < -0.3 is 14.7 Å². The smallest absolute Gasteiger partial charge is 0.194 e. The van der Waals surface area contributed by atoms with Crippen LogP contribution in [0.15, 0.2) is 34.5 Å². The van der Waals surface area contributed by atoms with Crippen LogP contribution in [0.3, 0.4) is 0 Å². The van der Waals surface area contributed by atoms with Crippen LogP contribution in [0.4, 0.5) is 0 Å². The summed E-state index contributed by atoms with van der Waals surface area (Å²) in [6.45, 7) is 12.1. The van der Waals surface area contributed by atoms with Gasteiger partial charge in [0.25, 0.3) is 0 Å². The normalized spacial score (nSPS) is 17.2. The topological polar surface area (TPSA) is 56.9 Å². The van der Waals surface area contributed by atoms with Crippen LogP contribution in [0.25, 0.3) is 0 Å². The van der Waals surface area contributed by atoms with Gasteiger partial charge >= 0.3 is 0 Å². The van der Waals surface area contributed by atoms with Gasteiger partial charge in [-0.15, -0.1) is 6.58 Å². The highest BCUT2D eigenvalue weighted by molar-refractivity contribution is 5.80. The fourth-order valence-corrected chi connectivity index (χ4v) is 2.24. The van der Waals surface area contributed by atoms with E-state index in [-0.39, 0.29) is 0 Å². The van der Waals surface area contributed by atoms with Crippen molar-refractivity contribution in [2.24, 2.45) is 4.99 Å². The second kappa shape index (κ2) is 7.69. The number of aliphatic imine (C=N–C) groups is 1. The van der Waals surface area contributed by atoms with E-state index in [9.17, 15) is 0 Å². The van der Waals surface area contributed by atoms with Gasteiger partial charge in [-0.25, -0.2) is 4.99 Å². The third-order valence-corrected chi connectivity index (χ3v) is 3.25. The number of nitrogens with one attached hydrogen (secondary N) is 1. The van der Waals surface area contributed by atoms with Gasteiger partial charge in [-0.1, -0.05) is 11.2 Å². The Morgan fingerprint density at radius 3 is 2.90 bits per heavy atom. The summed E-state index contributed by atoms with van der Waals surface area (Å²) in [5.41, 5.74) is 0.991. The highest BCUT2D eigenvalue weighted by Gasteiger charge is 2.19. The first-order valence-electron chi connectivity index (χ1n) is 7.09. The quantitative estimate of drug-likeness (QED) is 0.493. The van der Waals surface area contributed by atoms with Crippen molar-refractivity contribution in [2.45, 2.75) is 13.5 Å². The lowest BCUT2D eigenvalue weighted by Gasteiger charge is -2.36. The fraction of sp³-hybridized carbons (Fsp3) is 0.571. The van der Waals surface area contributed by atoms with Crippen molar-refractivity contribution in [1.29, 1.82) is 0 Å². The maximum Gasteiger partial charge on any atom is 0.194 e. The molecule has 0 aromatic carbocycles. The van der Waals surface area contributed by atoms with Crippen LogP contribution in [0.2, 0.25) is 0 Å². The highest BCUT2D eigenvalue weighted by atomic mass is 16.5. The molecule has 110 valence electrons. The molecule has 1 fully saturated rings. The first-order valence-corrected chi connectivity index (χ1v) is 7.09. The molecule has 1 aliphatic rings. The fourth-order valence-electron chi connectivity index (χ4n) is 2.24. The molecule has 1 aromatic heterocycles. The van der Waals surface area contributed by atoms with Crippen LogP contribution < -0.4 is 5.32 Å². The van der Waals surface area contributed by atoms with E-state index < -0.39 is 0 Å². The lowest BCUT2D eigenvalue weighted by Crippen LogP contribution is -2.52. The standard InChI is InChI=1S/C14H23N5O/c1-3-6-16-14(15-4-2)19-9-7-18(8-10-19)12-13-5-11-20-17-13/h3,5,11H,1,4,6-10,12H2,2H3,(H,15,16). The van der Waals surface area contributed by atoms with Crippen molar-refractivity contribution in [3.05, 3.63) is 30.7 Å². The number of hydrogen-bond acceptors (Lipinski definition) is 4. The lowest BCUT2D eigenvalue weighted by molar-refractivity contribution is 0.169. The molecular formula is C14H23N5O. The molecule has 0 atom stereocenters. The van der Waals surface area contributed by atoms with Gasteiger partial charge in [-0.2, -0.15) is 0 Å². The zero-order chi connectivity index (χ0) is 14.2. The molecular weight excluding hydrogens is 254 g/mol. The van der Waals surface area contributed by atoms with E-state index in [1.807, 2.05) is 12.1 Å². The molecule has 0 amide bonds. The van der Waals surface area contributed by atoms with Crippen LogP contribution in [0, 0.1) is 0 Å². The zero-order valence-corrected chi connectivity index (χ0v) is 12.1. The second-order valence-corrected chi connectivity index (χ2v) is 4.74. The molecule has 1 N–H and O–H groups in total. The Labute approximate surface area is 120 Å². The summed E-state index contributed by atoms with van der Waals surface area (Å²) in [7, 11) is 0. The summed E-state index contributed by atoms with van der Waals surface area (Å²) in [5, 5.41) is 7.29. The molecule has 1 aromatic rings. The Morgan fingerprint density at radius 2 is 2.30 bits per heavy atom. The number of rotatable bonds is 5. The van der Waals surface area contributed by atoms with Gasteiger partial charge in [0.15, 0.2) is 5.96 Å². The van der Waals surface area contributed by atoms with Crippen LogP contribution in [-0.2, 0) is 6.54 Å². The van der Waals surface area contributed by atoms with E-state index in [1.54, 1.807) is 6.26 Å². The monoisotopic (exact) mass is 277 g/mol. The van der Waals surface area contributed by atoms with Crippen LogP contribution in [-0.4, -0.2) is 60.2 Å². The average Bonchev–Trinajstić information content (AvgIpc) is 2.97. The molecule has 6 heteroatoms. The average molecular weight is 277 g/mol. The van der Waals surface area contributed by atoms with Crippen molar-refractivity contribution in [2.75, 3.05) is 39.3 Å². The Bertz CT molecular complexity index is 421. The Morgan fingerprint density at radius 1 is 1.50 bits per heavy atom. The van der Waals surface area contributed by atoms with Crippen molar-refractivity contribution in [1.82, 2.24) is 20.3 Å². The minimum absolute atomic E-state index is 0.654. The minimum Gasteiger partial charge on any atom is -0.364 e. The second-order valence-electron chi connectivity index (χ2n) is 4.74. The first kappa shape index (κ1) is 14.6. The van der Waals surface area contributed by atoms with Crippen molar-refractivity contribution in [3.8, 4) is 0 Å². The van der Waals surface area contributed by atoms with Gasteiger partial charge in [0.1, 0.15) is 6.26 Å². The molecule has 0 radical (unpaired) electrons. The molecule has 2 heterocycles. The summed E-state index contributed by atoms with van der Waals surface area (Å²) in [6.07, 6.45) is 3.44. The van der Waals surface area contributed by atoms with Gasteiger partial charge in [-0.05, 0) is 6.92 Å². The van der Waals surface area contributed by atoms with E-state index in [0.29, 0.717) is 6.54 Å². The van der Waals surface area contributed by atoms with E-state index >= 15 is 0 Å². The molecule has 0 aliphatic carbocycles. The molecule has 1 saturated heterocycles. The number of aromatic nitrogens is 1. The number of nitrogens with zero attached hydrogens (tertiary/aromatic N) is 4. The van der Waals surface area contributed by atoms with E-state index in [2.05, 4.69) is 38.8 Å². The van der Waals surface area contributed by atoms with Crippen molar-refractivity contribution < 1.29 is 4.52 Å². The highest BCUT2D eigenvalue weighted by Crippen LogP contribution is 2.07. The molecule has 0 unspecified atom stereocenters. The van der Waals surface area contributed by atoms with Gasteiger partial charge in [0, 0.05) is 45.3 Å². The van der Waals surface area contributed by atoms with Crippen LogP contribution >= 0.6 is 0 Å². The Kier molecular flexibility index (Phi) is 5.61. The van der Waals surface area contributed by atoms with E-state index in [0.717, 1.165) is 50.9 Å². The predicted molar refractivity (Wildman–Crippen MR) is 79.5 cm³/mol.